The summed E-state index contributed by atoms with van der Waals surface area (Å²) < 4.78 is 12.1. The van der Waals surface area contributed by atoms with E-state index in [1.54, 1.807) is 6.26 Å². The molecule has 0 radical (unpaired) electrons. The zero-order chi connectivity index (χ0) is 19.7. The van der Waals surface area contributed by atoms with Crippen molar-refractivity contribution in [3.63, 3.8) is 0 Å². The van der Waals surface area contributed by atoms with Gasteiger partial charge >= 0.3 is 0 Å². The summed E-state index contributed by atoms with van der Waals surface area (Å²) in [5.41, 5.74) is 1.40. The molecule has 1 aromatic carbocycles. The lowest BCUT2D eigenvalue weighted by molar-refractivity contribution is 0.248. The van der Waals surface area contributed by atoms with Crippen molar-refractivity contribution < 1.29 is 8.83 Å². The maximum Gasteiger partial charge on any atom is 0.111 e. The first-order valence-corrected chi connectivity index (χ1v) is 9.85. The molecule has 0 saturated carbocycles. The Kier molecular flexibility index (Phi) is 5.37. The van der Waals surface area contributed by atoms with Gasteiger partial charge in [0.25, 0.3) is 0 Å². The van der Waals surface area contributed by atoms with Gasteiger partial charge in [0.2, 0.25) is 0 Å². The molecule has 2 nitrogen and oxygen atoms in total. The molecule has 0 N–H and O–H groups in total. The minimum absolute atomic E-state index is 0.0562. The number of hydrogen-bond acceptors (Lipinski definition) is 2. The third kappa shape index (κ3) is 4.37. The van der Waals surface area contributed by atoms with Crippen LogP contribution in [0.3, 0.4) is 0 Å². The fraction of sp³-hybridized carbons (Fsp3) is 0.440. The summed E-state index contributed by atoms with van der Waals surface area (Å²) >= 11 is 0. The van der Waals surface area contributed by atoms with E-state index in [0.29, 0.717) is 5.92 Å². The Morgan fingerprint density at radius 1 is 0.815 bits per heavy atom. The van der Waals surface area contributed by atoms with Gasteiger partial charge in [-0.05, 0) is 40.7 Å². The molecule has 3 aromatic rings. The molecule has 0 bridgehead atoms. The fourth-order valence-corrected chi connectivity index (χ4v) is 3.80. The van der Waals surface area contributed by atoms with Gasteiger partial charge in [0, 0.05) is 18.3 Å². The summed E-state index contributed by atoms with van der Waals surface area (Å²) in [6.07, 6.45) is 2.61. The van der Waals surface area contributed by atoms with E-state index in [-0.39, 0.29) is 16.7 Å². The summed E-state index contributed by atoms with van der Waals surface area (Å²) in [6.45, 7) is 13.6. The van der Waals surface area contributed by atoms with Gasteiger partial charge < -0.3 is 8.83 Å². The molecule has 27 heavy (non-hydrogen) atoms. The second-order valence-corrected chi connectivity index (χ2v) is 9.42. The van der Waals surface area contributed by atoms with Crippen LogP contribution in [0.25, 0.3) is 0 Å². The Morgan fingerprint density at radius 2 is 1.52 bits per heavy atom. The first kappa shape index (κ1) is 19.5. The standard InChI is InChI=1S/C25H32O2/c1-18(24(2,3)4)21-15-14-20(27-21)17-25(5,6)23(22-13-10-16-26-22)19-11-8-7-9-12-19/h7-16,18,23H,17H2,1-6H3. The van der Waals surface area contributed by atoms with Gasteiger partial charge in [0.05, 0.1) is 6.26 Å². The summed E-state index contributed by atoms with van der Waals surface area (Å²) in [6, 6.07) is 19.0. The van der Waals surface area contributed by atoms with Gasteiger partial charge in [-0.3, -0.25) is 0 Å². The van der Waals surface area contributed by atoms with Crippen molar-refractivity contribution >= 4 is 0 Å². The maximum atomic E-state index is 6.28. The first-order chi connectivity index (χ1) is 12.7. The van der Waals surface area contributed by atoms with Crippen LogP contribution in [-0.2, 0) is 6.42 Å². The monoisotopic (exact) mass is 364 g/mol. The Labute approximate surface area is 163 Å². The van der Waals surface area contributed by atoms with E-state index in [1.807, 2.05) is 6.07 Å². The van der Waals surface area contributed by atoms with E-state index in [2.05, 4.69) is 90.1 Å². The molecule has 0 saturated heterocycles. The predicted octanol–water partition coefficient (Wildman–Crippen LogP) is 7.42. The van der Waals surface area contributed by atoms with E-state index in [4.69, 9.17) is 8.83 Å². The van der Waals surface area contributed by atoms with E-state index >= 15 is 0 Å². The average molecular weight is 365 g/mol. The van der Waals surface area contributed by atoms with Crippen LogP contribution in [0.15, 0.2) is 69.7 Å². The highest BCUT2D eigenvalue weighted by molar-refractivity contribution is 5.30. The highest BCUT2D eigenvalue weighted by atomic mass is 16.3. The number of furan rings is 2. The molecule has 0 aliphatic carbocycles. The molecular formula is C25H32O2. The second-order valence-electron chi connectivity index (χ2n) is 9.42. The molecule has 0 aliphatic rings. The van der Waals surface area contributed by atoms with Crippen molar-refractivity contribution in [3.8, 4) is 0 Å². The summed E-state index contributed by atoms with van der Waals surface area (Å²) in [5, 5.41) is 0. The lowest BCUT2D eigenvalue weighted by atomic mass is 9.71. The third-order valence-electron chi connectivity index (χ3n) is 5.78. The molecule has 0 amide bonds. The molecule has 2 heteroatoms. The van der Waals surface area contributed by atoms with Crippen LogP contribution in [-0.4, -0.2) is 0 Å². The van der Waals surface area contributed by atoms with Crippen molar-refractivity contribution in [2.45, 2.75) is 59.8 Å². The van der Waals surface area contributed by atoms with Crippen molar-refractivity contribution in [1.82, 2.24) is 0 Å². The van der Waals surface area contributed by atoms with Crippen molar-refractivity contribution in [1.29, 1.82) is 0 Å². The lowest BCUT2D eigenvalue weighted by Crippen LogP contribution is -2.25. The predicted molar refractivity (Wildman–Crippen MR) is 111 cm³/mol. The van der Waals surface area contributed by atoms with Gasteiger partial charge in [0.15, 0.2) is 0 Å². The van der Waals surface area contributed by atoms with E-state index in [0.717, 1.165) is 23.7 Å². The minimum Gasteiger partial charge on any atom is -0.469 e. The molecule has 144 valence electrons. The van der Waals surface area contributed by atoms with Crippen LogP contribution in [0.4, 0.5) is 0 Å². The van der Waals surface area contributed by atoms with Gasteiger partial charge in [-0.2, -0.15) is 0 Å². The molecular weight excluding hydrogens is 332 g/mol. The molecule has 3 rings (SSSR count). The van der Waals surface area contributed by atoms with Gasteiger partial charge in [-0.15, -0.1) is 0 Å². The normalized spacial score (nSPS) is 14.9. The van der Waals surface area contributed by atoms with E-state index in [9.17, 15) is 0 Å². The summed E-state index contributed by atoms with van der Waals surface area (Å²) in [4.78, 5) is 0. The molecule has 0 aliphatic heterocycles. The van der Waals surface area contributed by atoms with Crippen LogP contribution in [0.1, 0.15) is 76.2 Å². The summed E-state index contributed by atoms with van der Waals surface area (Å²) in [7, 11) is 0. The number of rotatable bonds is 6. The maximum absolute atomic E-state index is 6.28. The van der Waals surface area contributed by atoms with Crippen LogP contribution < -0.4 is 0 Å². The molecule has 2 unspecified atom stereocenters. The molecule has 2 heterocycles. The minimum atomic E-state index is -0.0562. The largest absolute Gasteiger partial charge is 0.469 e. The Balaban J connectivity index is 1.89. The van der Waals surface area contributed by atoms with E-state index < -0.39 is 0 Å². The van der Waals surface area contributed by atoms with Crippen molar-refractivity contribution in [2.24, 2.45) is 10.8 Å². The topological polar surface area (TPSA) is 26.3 Å². The smallest absolute Gasteiger partial charge is 0.111 e. The molecule has 0 spiro atoms. The lowest BCUT2D eigenvalue weighted by Gasteiger charge is -2.33. The van der Waals surface area contributed by atoms with Crippen molar-refractivity contribution in [3.05, 3.63) is 83.7 Å². The zero-order valence-corrected chi connectivity index (χ0v) is 17.5. The van der Waals surface area contributed by atoms with Crippen LogP contribution in [0.5, 0.6) is 0 Å². The fourth-order valence-electron chi connectivity index (χ4n) is 3.80. The first-order valence-electron chi connectivity index (χ1n) is 9.85. The van der Waals surface area contributed by atoms with Gasteiger partial charge in [-0.1, -0.05) is 71.9 Å². The molecule has 0 fully saturated rings. The van der Waals surface area contributed by atoms with Gasteiger partial charge in [0.1, 0.15) is 17.3 Å². The quantitative estimate of drug-likeness (QED) is 0.455. The Bertz CT molecular complexity index is 832. The average Bonchev–Trinajstić information content (AvgIpc) is 3.26. The SMILES string of the molecule is CC(c1ccc(CC(C)(C)C(c2ccccc2)c2ccco2)o1)C(C)(C)C. The second kappa shape index (κ2) is 7.42. The number of benzene rings is 1. The van der Waals surface area contributed by atoms with E-state index in [1.165, 1.54) is 5.56 Å². The Morgan fingerprint density at radius 3 is 2.11 bits per heavy atom. The molecule has 2 aromatic heterocycles. The highest BCUT2D eigenvalue weighted by Crippen LogP contribution is 2.44. The highest BCUT2D eigenvalue weighted by Gasteiger charge is 2.35. The zero-order valence-electron chi connectivity index (χ0n) is 17.5. The van der Waals surface area contributed by atoms with Crippen LogP contribution in [0, 0.1) is 10.8 Å². The van der Waals surface area contributed by atoms with Gasteiger partial charge in [-0.25, -0.2) is 0 Å². The van der Waals surface area contributed by atoms with Crippen LogP contribution >= 0.6 is 0 Å². The molecule has 2 atom stereocenters. The summed E-state index contributed by atoms with van der Waals surface area (Å²) in [5.74, 6) is 3.66. The number of hydrogen-bond donors (Lipinski definition) is 0. The van der Waals surface area contributed by atoms with Crippen molar-refractivity contribution in [2.75, 3.05) is 0 Å². The Hall–Kier alpha value is -2.22. The third-order valence-corrected chi connectivity index (χ3v) is 5.78. The van der Waals surface area contributed by atoms with Crippen LogP contribution in [0.2, 0.25) is 0 Å².